The molecule has 5 rings (SSSR count). The maximum Gasteiger partial charge on any atom is 0.274 e. The van der Waals surface area contributed by atoms with Crippen LogP contribution in [0, 0.1) is 6.92 Å². The van der Waals surface area contributed by atoms with Gasteiger partial charge in [-0.25, -0.2) is 4.98 Å². The Morgan fingerprint density at radius 2 is 1.84 bits per heavy atom. The molecule has 3 aromatic rings. The third-order valence-corrected chi connectivity index (χ3v) is 8.01. The molecular formula is C23H24N4O3S2. The maximum atomic E-state index is 13.3. The van der Waals surface area contributed by atoms with Gasteiger partial charge in [0.15, 0.2) is 0 Å². The molecule has 2 fully saturated rings. The summed E-state index contributed by atoms with van der Waals surface area (Å²) in [5.74, 6) is 2.55. The third kappa shape index (κ3) is 4.06. The Bertz CT molecular complexity index is 1110. The molecule has 166 valence electrons. The van der Waals surface area contributed by atoms with Crippen LogP contribution in [0.2, 0.25) is 0 Å². The van der Waals surface area contributed by atoms with Gasteiger partial charge in [0.2, 0.25) is 0 Å². The van der Waals surface area contributed by atoms with Crippen LogP contribution in [0.4, 0.5) is 0 Å². The zero-order chi connectivity index (χ0) is 22.1. The van der Waals surface area contributed by atoms with Crippen LogP contribution in [0.1, 0.15) is 50.4 Å². The molecule has 32 heavy (non-hydrogen) atoms. The smallest absolute Gasteiger partial charge is 0.274 e. The highest BCUT2D eigenvalue weighted by atomic mass is 32.2. The standard InChI is InChI=1S/C23H24N4O3S2/c1-15-19(20(25-30-15)16-5-3-2-4-6-16)23(29)26-9-7-17(8-10-26)21-24-18(13-32-21)22(28)27-11-12-31-14-27/h2-6,13,17H,7-12,14H2,1H3. The molecule has 7 nitrogen and oxygen atoms in total. The molecule has 2 saturated heterocycles. The molecule has 0 saturated carbocycles. The van der Waals surface area contributed by atoms with Crippen molar-refractivity contribution in [3.8, 4) is 11.3 Å². The van der Waals surface area contributed by atoms with Gasteiger partial charge in [0.1, 0.15) is 22.7 Å². The van der Waals surface area contributed by atoms with E-state index < -0.39 is 0 Å². The lowest BCUT2D eigenvalue weighted by Crippen LogP contribution is -2.38. The monoisotopic (exact) mass is 468 g/mol. The summed E-state index contributed by atoms with van der Waals surface area (Å²) in [4.78, 5) is 34.3. The number of carbonyl (C=O) groups is 2. The average Bonchev–Trinajstić information content (AvgIpc) is 3.60. The molecule has 0 spiro atoms. The van der Waals surface area contributed by atoms with Gasteiger partial charge >= 0.3 is 0 Å². The van der Waals surface area contributed by atoms with Gasteiger partial charge in [0, 0.05) is 42.2 Å². The van der Waals surface area contributed by atoms with Gasteiger partial charge in [-0.05, 0) is 19.8 Å². The summed E-state index contributed by atoms with van der Waals surface area (Å²) in [6.07, 6.45) is 1.66. The van der Waals surface area contributed by atoms with Gasteiger partial charge in [0.25, 0.3) is 11.8 Å². The second kappa shape index (κ2) is 9.07. The van der Waals surface area contributed by atoms with Gasteiger partial charge < -0.3 is 14.3 Å². The van der Waals surface area contributed by atoms with E-state index in [9.17, 15) is 9.59 Å². The lowest BCUT2D eigenvalue weighted by molar-refractivity contribution is 0.0711. The Morgan fingerprint density at radius 3 is 2.56 bits per heavy atom. The number of amides is 2. The Morgan fingerprint density at radius 1 is 1.06 bits per heavy atom. The Kier molecular flexibility index (Phi) is 6.01. The van der Waals surface area contributed by atoms with E-state index in [0.717, 1.165) is 41.6 Å². The van der Waals surface area contributed by atoms with Crippen LogP contribution in [-0.4, -0.2) is 63.0 Å². The van der Waals surface area contributed by atoms with Crippen LogP contribution >= 0.6 is 23.1 Å². The molecule has 4 heterocycles. The number of aromatic nitrogens is 2. The first-order chi connectivity index (χ1) is 15.6. The summed E-state index contributed by atoms with van der Waals surface area (Å²) in [7, 11) is 0. The van der Waals surface area contributed by atoms with E-state index in [1.807, 2.05) is 45.5 Å². The number of carbonyl (C=O) groups excluding carboxylic acids is 2. The van der Waals surface area contributed by atoms with Crippen LogP contribution in [0.15, 0.2) is 40.2 Å². The molecular weight excluding hydrogens is 444 g/mol. The van der Waals surface area contributed by atoms with Crippen LogP contribution in [0.5, 0.6) is 0 Å². The quantitative estimate of drug-likeness (QED) is 0.569. The summed E-state index contributed by atoms with van der Waals surface area (Å²) in [5, 5.41) is 7.03. The molecule has 2 aliphatic heterocycles. The highest BCUT2D eigenvalue weighted by Gasteiger charge is 2.31. The van der Waals surface area contributed by atoms with E-state index >= 15 is 0 Å². The number of thioether (sulfide) groups is 1. The van der Waals surface area contributed by atoms with Crippen molar-refractivity contribution < 1.29 is 14.1 Å². The number of rotatable bonds is 4. The summed E-state index contributed by atoms with van der Waals surface area (Å²) in [6.45, 7) is 3.87. The first kappa shape index (κ1) is 21.2. The lowest BCUT2D eigenvalue weighted by atomic mass is 9.96. The van der Waals surface area contributed by atoms with E-state index in [0.29, 0.717) is 35.8 Å². The fourth-order valence-electron chi connectivity index (χ4n) is 4.21. The first-order valence-electron chi connectivity index (χ1n) is 10.7. The molecule has 2 amide bonds. The zero-order valence-corrected chi connectivity index (χ0v) is 19.5. The van der Waals surface area contributed by atoms with Crippen molar-refractivity contribution in [1.82, 2.24) is 19.9 Å². The van der Waals surface area contributed by atoms with E-state index in [4.69, 9.17) is 4.52 Å². The molecule has 2 aromatic heterocycles. The molecule has 0 atom stereocenters. The van der Waals surface area contributed by atoms with Crippen molar-refractivity contribution in [2.75, 3.05) is 31.3 Å². The second-order valence-corrected chi connectivity index (χ2v) is 10.0. The summed E-state index contributed by atoms with van der Waals surface area (Å²) >= 11 is 3.33. The number of aryl methyl sites for hydroxylation is 1. The molecule has 0 aliphatic carbocycles. The summed E-state index contributed by atoms with van der Waals surface area (Å²) in [5.41, 5.74) is 2.57. The van der Waals surface area contributed by atoms with Gasteiger partial charge in [-0.1, -0.05) is 35.5 Å². The number of benzene rings is 1. The Labute approximate surface area is 194 Å². The Hall–Kier alpha value is -2.65. The predicted molar refractivity (Wildman–Crippen MR) is 125 cm³/mol. The summed E-state index contributed by atoms with van der Waals surface area (Å²) < 4.78 is 5.38. The number of hydrogen-bond donors (Lipinski definition) is 0. The van der Waals surface area contributed by atoms with Crippen molar-refractivity contribution in [3.05, 3.63) is 57.7 Å². The molecule has 0 unspecified atom stereocenters. The van der Waals surface area contributed by atoms with E-state index in [1.165, 1.54) is 0 Å². The van der Waals surface area contributed by atoms with Crippen molar-refractivity contribution >= 4 is 34.9 Å². The van der Waals surface area contributed by atoms with Gasteiger partial charge in [-0.2, -0.15) is 0 Å². The highest BCUT2D eigenvalue weighted by molar-refractivity contribution is 7.99. The van der Waals surface area contributed by atoms with E-state index in [2.05, 4.69) is 10.1 Å². The average molecular weight is 469 g/mol. The third-order valence-electron chi connectivity index (χ3n) is 6.04. The molecule has 1 aromatic carbocycles. The van der Waals surface area contributed by atoms with Gasteiger partial charge in [0.05, 0.1) is 10.9 Å². The maximum absolute atomic E-state index is 13.3. The topological polar surface area (TPSA) is 79.5 Å². The second-order valence-electron chi connectivity index (χ2n) is 8.07. The van der Waals surface area contributed by atoms with Crippen LogP contribution in [0.25, 0.3) is 11.3 Å². The van der Waals surface area contributed by atoms with Crippen LogP contribution in [0.3, 0.4) is 0 Å². The normalized spacial score (nSPS) is 17.2. The SMILES string of the molecule is Cc1onc(-c2ccccc2)c1C(=O)N1CCC(c2nc(C(=O)N3CCSC3)cs2)CC1. The largest absolute Gasteiger partial charge is 0.360 e. The van der Waals surface area contributed by atoms with Gasteiger partial charge in [-0.3, -0.25) is 9.59 Å². The van der Waals surface area contributed by atoms with Crippen molar-refractivity contribution in [1.29, 1.82) is 0 Å². The number of hydrogen-bond acceptors (Lipinski definition) is 7. The first-order valence-corrected chi connectivity index (χ1v) is 12.8. The van der Waals surface area contributed by atoms with Gasteiger partial charge in [-0.15, -0.1) is 23.1 Å². The molecule has 2 aliphatic rings. The van der Waals surface area contributed by atoms with E-state index in [1.54, 1.807) is 30.0 Å². The number of likely N-dealkylation sites (tertiary alicyclic amines) is 1. The lowest BCUT2D eigenvalue weighted by Gasteiger charge is -2.31. The number of nitrogens with zero attached hydrogens (tertiary/aromatic N) is 4. The minimum Gasteiger partial charge on any atom is -0.360 e. The minimum atomic E-state index is -0.0393. The minimum absolute atomic E-state index is 0.0292. The highest BCUT2D eigenvalue weighted by Crippen LogP contribution is 2.33. The predicted octanol–water partition coefficient (Wildman–Crippen LogP) is 4.27. The zero-order valence-electron chi connectivity index (χ0n) is 17.8. The summed E-state index contributed by atoms with van der Waals surface area (Å²) in [6, 6.07) is 9.65. The molecule has 0 radical (unpaired) electrons. The molecule has 0 N–H and O–H groups in total. The molecule has 9 heteroatoms. The van der Waals surface area contributed by atoms with Crippen molar-refractivity contribution in [3.63, 3.8) is 0 Å². The van der Waals surface area contributed by atoms with Crippen LogP contribution in [-0.2, 0) is 0 Å². The van der Waals surface area contributed by atoms with Crippen LogP contribution < -0.4 is 0 Å². The van der Waals surface area contributed by atoms with Crippen molar-refractivity contribution in [2.45, 2.75) is 25.7 Å². The fraction of sp³-hybridized carbons (Fsp3) is 0.391. The number of thiazole rings is 1. The Balaban J connectivity index is 1.25. The van der Waals surface area contributed by atoms with Crippen molar-refractivity contribution in [2.24, 2.45) is 0 Å². The fourth-order valence-corrected chi connectivity index (χ4v) is 6.12. The molecule has 0 bridgehead atoms. The van der Waals surface area contributed by atoms with E-state index in [-0.39, 0.29) is 17.7 Å². The number of piperidine rings is 1.